The highest BCUT2D eigenvalue weighted by atomic mass is 19.4. The number of fused-ring (bicyclic) bond motifs is 1. The summed E-state index contributed by atoms with van der Waals surface area (Å²) in [5, 5.41) is 10.3. The van der Waals surface area contributed by atoms with Crippen LogP contribution >= 0.6 is 0 Å². The van der Waals surface area contributed by atoms with Crippen molar-refractivity contribution in [1.82, 2.24) is 24.8 Å². The van der Waals surface area contributed by atoms with Crippen molar-refractivity contribution >= 4 is 17.4 Å². The van der Waals surface area contributed by atoms with Crippen molar-refractivity contribution in [3.63, 3.8) is 0 Å². The molecule has 33 heavy (non-hydrogen) atoms. The molecule has 3 heterocycles. The van der Waals surface area contributed by atoms with E-state index in [1.165, 1.54) is 28.7 Å². The summed E-state index contributed by atoms with van der Waals surface area (Å²) in [7, 11) is 0. The highest BCUT2D eigenvalue weighted by Crippen LogP contribution is 2.24. The van der Waals surface area contributed by atoms with Crippen molar-refractivity contribution in [3.8, 4) is 5.75 Å². The summed E-state index contributed by atoms with van der Waals surface area (Å²) in [6, 6.07) is 10.1. The Hall–Kier alpha value is -3.54. The van der Waals surface area contributed by atoms with Gasteiger partial charge in [0.05, 0.1) is 6.04 Å². The lowest BCUT2D eigenvalue weighted by Crippen LogP contribution is -2.45. The monoisotopic (exact) mass is 464 g/mol. The fraction of sp³-hybridized carbons (Fsp3) is 0.381. The van der Waals surface area contributed by atoms with E-state index in [0.717, 1.165) is 36.7 Å². The number of nitrogens with zero attached hydrogens (tertiary/aromatic N) is 4. The van der Waals surface area contributed by atoms with Crippen LogP contribution in [0.25, 0.3) is 5.65 Å². The highest BCUT2D eigenvalue weighted by Gasteiger charge is 2.31. The number of halogens is 3. The van der Waals surface area contributed by atoms with Gasteiger partial charge < -0.3 is 20.3 Å². The molecule has 1 aliphatic heterocycles. The van der Waals surface area contributed by atoms with Gasteiger partial charge in [0.25, 0.3) is 0 Å². The van der Waals surface area contributed by atoms with E-state index in [4.69, 9.17) is 0 Å². The fourth-order valence-electron chi connectivity index (χ4n) is 3.75. The molecular formula is C21H23F3N6O3. The molecule has 12 heteroatoms. The SMILES string of the molecule is C[C@H](NC(=O)Cn1nc2cccc(N3CCNCC3)n2c1=O)c1ccc(OC(F)(F)F)cc1. The number of aromatic nitrogens is 3. The number of carbonyl (C=O) groups excluding carboxylic acids is 1. The summed E-state index contributed by atoms with van der Waals surface area (Å²) in [5.41, 5.74) is 0.605. The number of benzene rings is 1. The number of anilines is 1. The highest BCUT2D eigenvalue weighted by molar-refractivity contribution is 5.76. The Kier molecular flexibility index (Phi) is 6.27. The molecule has 3 aromatic rings. The van der Waals surface area contributed by atoms with Gasteiger partial charge in [-0.2, -0.15) is 0 Å². The largest absolute Gasteiger partial charge is 0.573 e. The predicted molar refractivity (Wildman–Crippen MR) is 114 cm³/mol. The molecule has 1 aromatic carbocycles. The lowest BCUT2D eigenvalue weighted by molar-refractivity contribution is -0.274. The number of ether oxygens (including phenoxy) is 1. The molecule has 0 unspecified atom stereocenters. The molecule has 0 radical (unpaired) electrons. The first-order valence-corrected chi connectivity index (χ1v) is 10.4. The first-order chi connectivity index (χ1) is 15.7. The number of hydrogen-bond donors (Lipinski definition) is 2. The Balaban J connectivity index is 1.45. The van der Waals surface area contributed by atoms with Crippen LogP contribution in [0.1, 0.15) is 18.5 Å². The molecule has 0 bridgehead atoms. The topological polar surface area (TPSA) is 92.9 Å². The molecule has 176 valence electrons. The Morgan fingerprint density at radius 1 is 1.18 bits per heavy atom. The van der Waals surface area contributed by atoms with Gasteiger partial charge in [0.1, 0.15) is 18.1 Å². The van der Waals surface area contributed by atoms with E-state index in [-0.39, 0.29) is 12.3 Å². The van der Waals surface area contributed by atoms with Crippen molar-refractivity contribution in [1.29, 1.82) is 0 Å². The maximum atomic E-state index is 13.0. The second-order valence-corrected chi connectivity index (χ2v) is 7.66. The van der Waals surface area contributed by atoms with Crippen molar-refractivity contribution in [2.75, 3.05) is 31.1 Å². The van der Waals surface area contributed by atoms with Crippen molar-refractivity contribution < 1.29 is 22.7 Å². The molecule has 4 rings (SSSR count). The molecule has 9 nitrogen and oxygen atoms in total. The normalized spacial score (nSPS) is 15.5. The third-order valence-corrected chi connectivity index (χ3v) is 5.31. The molecule has 0 saturated carbocycles. The van der Waals surface area contributed by atoms with E-state index < -0.39 is 24.0 Å². The van der Waals surface area contributed by atoms with Crippen LogP contribution in [0, 0.1) is 0 Å². The number of alkyl halides is 3. The van der Waals surface area contributed by atoms with Gasteiger partial charge in [-0.1, -0.05) is 18.2 Å². The third-order valence-electron chi connectivity index (χ3n) is 5.31. The fourth-order valence-corrected chi connectivity index (χ4v) is 3.75. The standard InChI is InChI=1S/C21H23F3N6O3/c1-14(15-5-7-16(8-6-15)33-21(22,23)24)26-18(31)13-29-20(32)30-17(27-29)3-2-4-19(30)28-11-9-25-10-12-28/h2-8,14,25H,9-13H2,1H3,(H,26,31)/t14-/m0/s1. The smallest absolute Gasteiger partial charge is 0.406 e. The number of amides is 1. The molecular weight excluding hydrogens is 441 g/mol. The summed E-state index contributed by atoms with van der Waals surface area (Å²) in [6.45, 7) is 4.52. The maximum Gasteiger partial charge on any atom is 0.573 e. The van der Waals surface area contributed by atoms with Gasteiger partial charge in [-0.3, -0.25) is 4.79 Å². The summed E-state index contributed by atoms with van der Waals surface area (Å²) < 4.78 is 43.3. The molecule has 2 aromatic heterocycles. The van der Waals surface area contributed by atoms with Gasteiger partial charge in [-0.05, 0) is 36.8 Å². The Morgan fingerprint density at radius 2 is 1.88 bits per heavy atom. The minimum Gasteiger partial charge on any atom is -0.406 e. The molecule has 1 aliphatic rings. The molecule has 1 atom stereocenters. The van der Waals surface area contributed by atoms with Crippen LogP contribution < -0.4 is 26.0 Å². The first kappa shape index (κ1) is 22.6. The van der Waals surface area contributed by atoms with Gasteiger partial charge in [0.15, 0.2) is 5.65 Å². The minimum atomic E-state index is -4.77. The van der Waals surface area contributed by atoms with Crippen LogP contribution in [-0.2, 0) is 11.3 Å². The van der Waals surface area contributed by atoms with Gasteiger partial charge >= 0.3 is 12.1 Å². The second kappa shape index (κ2) is 9.14. The lowest BCUT2D eigenvalue weighted by atomic mass is 10.1. The minimum absolute atomic E-state index is 0.291. The lowest BCUT2D eigenvalue weighted by Gasteiger charge is -2.29. The van der Waals surface area contributed by atoms with E-state index >= 15 is 0 Å². The van der Waals surface area contributed by atoms with Crippen molar-refractivity contribution in [3.05, 3.63) is 58.5 Å². The number of rotatable bonds is 6. The number of piperazine rings is 1. The van der Waals surface area contributed by atoms with Crippen molar-refractivity contribution in [2.45, 2.75) is 25.9 Å². The van der Waals surface area contributed by atoms with Gasteiger partial charge in [-0.25, -0.2) is 13.9 Å². The van der Waals surface area contributed by atoms with Crippen LogP contribution in [-0.4, -0.2) is 52.6 Å². The molecule has 0 spiro atoms. The van der Waals surface area contributed by atoms with E-state index in [2.05, 4.69) is 25.4 Å². The van der Waals surface area contributed by atoms with Crippen LogP contribution in [0.4, 0.5) is 19.0 Å². The number of hydrogen-bond acceptors (Lipinski definition) is 6. The Bertz CT molecular complexity index is 1180. The van der Waals surface area contributed by atoms with Crippen molar-refractivity contribution in [2.24, 2.45) is 0 Å². The average molecular weight is 464 g/mol. The van der Waals surface area contributed by atoms with E-state index in [9.17, 15) is 22.8 Å². The zero-order valence-electron chi connectivity index (χ0n) is 17.8. The Labute approximate surface area is 186 Å². The predicted octanol–water partition coefficient (Wildman–Crippen LogP) is 1.68. The molecule has 1 fully saturated rings. The van der Waals surface area contributed by atoms with Crippen LogP contribution in [0.15, 0.2) is 47.3 Å². The van der Waals surface area contributed by atoms with Gasteiger partial charge in [0.2, 0.25) is 5.91 Å². The molecule has 1 amide bonds. The summed E-state index contributed by atoms with van der Waals surface area (Å²) in [4.78, 5) is 27.6. The summed E-state index contributed by atoms with van der Waals surface area (Å²) >= 11 is 0. The first-order valence-electron chi connectivity index (χ1n) is 10.4. The maximum absolute atomic E-state index is 13.0. The number of nitrogens with one attached hydrogen (secondary N) is 2. The van der Waals surface area contributed by atoms with Crippen LogP contribution in [0.5, 0.6) is 5.75 Å². The quantitative estimate of drug-likeness (QED) is 0.577. The van der Waals surface area contributed by atoms with Crippen LogP contribution in [0.2, 0.25) is 0 Å². The Morgan fingerprint density at radius 3 is 2.55 bits per heavy atom. The van der Waals surface area contributed by atoms with Crippen LogP contribution in [0.3, 0.4) is 0 Å². The van der Waals surface area contributed by atoms with Gasteiger partial charge in [-0.15, -0.1) is 18.3 Å². The third kappa shape index (κ3) is 5.28. The zero-order chi connectivity index (χ0) is 23.6. The van der Waals surface area contributed by atoms with E-state index in [1.54, 1.807) is 13.0 Å². The van der Waals surface area contributed by atoms with E-state index in [1.807, 2.05) is 12.1 Å². The zero-order valence-corrected chi connectivity index (χ0v) is 17.8. The molecule has 2 N–H and O–H groups in total. The van der Waals surface area contributed by atoms with Gasteiger partial charge in [0, 0.05) is 26.2 Å². The second-order valence-electron chi connectivity index (χ2n) is 7.66. The molecule has 0 aliphatic carbocycles. The number of pyridine rings is 1. The number of carbonyl (C=O) groups is 1. The summed E-state index contributed by atoms with van der Waals surface area (Å²) in [5.74, 6) is -0.0751. The summed E-state index contributed by atoms with van der Waals surface area (Å²) in [6.07, 6.45) is -4.77. The van der Waals surface area contributed by atoms with E-state index in [0.29, 0.717) is 11.2 Å². The average Bonchev–Trinajstić information content (AvgIpc) is 3.09. The molecule has 1 saturated heterocycles.